The summed E-state index contributed by atoms with van der Waals surface area (Å²) in [5, 5.41) is 14.7. The highest BCUT2D eigenvalue weighted by atomic mass is 16.5. The van der Waals surface area contributed by atoms with Crippen molar-refractivity contribution in [2.24, 2.45) is 0 Å². The van der Waals surface area contributed by atoms with Crippen molar-refractivity contribution in [3.8, 4) is 17.1 Å². The van der Waals surface area contributed by atoms with Gasteiger partial charge in [0.25, 0.3) is 0 Å². The van der Waals surface area contributed by atoms with Gasteiger partial charge in [-0.3, -0.25) is 9.78 Å². The van der Waals surface area contributed by atoms with Gasteiger partial charge in [-0.25, -0.2) is 4.98 Å². The van der Waals surface area contributed by atoms with Crippen LogP contribution in [0, 0.1) is 0 Å². The maximum absolute atomic E-state index is 10.8. The lowest BCUT2D eigenvalue weighted by Crippen LogP contribution is -2.15. The van der Waals surface area contributed by atoms with Crippen LogP contribution in [0.3, 0.4) is 0 Å². The van der Waals surface area contributed by atoms with E-state index in [1.165, 1.54) is 0 Å². The lowest BCUT2D eigenvalue weighted by molar-refractivity contribution is -0.134. The van der Waals surface area contributed by atoms with E-state index in [-0.39, 0.29) is 12.5 Å². The van der Waals surface area contributed by atoms with Crippen molar-refractivity contribution in [3.05, 3.63) is 54.7 Å². The van der Waals surface area contributed by atoms with Crippen LogP contribution in [0.5, 0.6) is 5.75 Å². The predicted octanol–water partition coefficient (Wildman–Crippen LogP) is 2.79. The fourth-order valence-corrected chi connectivity index (χ4v) is 2.28. The van der Waals surface area contributed by atoms with E-state index in [2.05, 4.69) is 25.6 Å². The number of ether oxygens (including phenoxy) is 1. The number of methoxy groups -OCH3 is 1. The van der Waals surface area contributed by atoms with Crippen molar-refractivity contribution in [1.29, 1.82) is 0 Å². The molecule has 132 valence electrons. The van der Waals surface area contributed by atoms with E-state index < -0.39 is 5.97 Å². The van der Waals surface area contributed by atoms with Crippen LogP contribution in [-0.2, 0) is 4.79 Å². The van der Waals surface area contributed by atoms with Gasteiger partial charge < -0.3 is 20.5 Å². The molecule has 2 heterocycles. The fraction of sp³-hybridized carbons (Fsp3) is 0.111. The number of anilines is 3. The zero-order chi connectivity index (χ0) is 18.4. The van der Waals surface area contributed by atoms with Crippen LogP contribution in [0.25, 0.3) is 11.4 Å². The third-order valence-electron chi connectivity index (χ3n) is 3.42. The summed E-state index contributed by atoms with van der Waals surface area (Å²) in [5.74, 6) is 0.326. The molecule has 0 saturated carbocycles. The summed E-state index contributed by atoms with van der Waals surface area (Å²) in [6.07, 6.45) is 1.66. The van der Waals surface area contributed by atoms with E-state index in [1.54, 1.807) is 19.4 Å². The highest BCUT2D eigenvalue weighted by Gasteiger charge is 2.10. The maximum atomic E-state index is 10.8. The number of carbonyl (C=O) groups is 1. The van der Waals surface area contributed by atoms with Crippen LogP contribution in [0.1, 0.15) is 0 Å². The summed E-state index contributed by atoms with van der Waals surface area (Å²) < 4.78 is 5.33. The standard InChI is InChI=1S/C18H17N5O3/c1-26-15-8-3-2-7-13(15)21-16-10-14(12-6-4-5-9-19-12)22-18(23-16)20-11-17(24)25/h2-10H,11H2,1H3,(H,24,25)(H2,20,21,22,23). The number of pyridine rings is 1. The van der Waals surface area contributed by atoms with Gasteiger partial charge in [0.2, 0.25) is 5.95 Å². The quantitative estimate of drug-likeness (QED) is 0.596. The first-order chi connectivity index (χ1) is 12.7. The lowest BCUT2D eigenvalue weighted by atomic mass is 10.2. The number of hydrogen-bond acceptors (Lipinski definition) is 7. The van der Waals surface area contributed by atoms with Gasteiger partial charge in [-0.2, -0.15) is 4.98 Å². The van der Waals surface area contributed by atoms with E-state index in [0.717, 1.165) is 5.69 Å². The minimum atomic E-state index is -1.00. The molecule has 0 bridgehead atoms. The van der Waals surface area contributed by atoms with Gasteiger partial charge in [0, 0.05) is 12.3 Å². The molecule has 0 radical (unpaired) electrons. The summed E-state index contributed by atoms with van der Waals surface area (Å²) >= 11 is 0. The zero-order valence-electron chi connectivity index (χ0n) is 14.0. The van der Waals surface area contributed by atoms with Crippen LogP contribution >= 0.6 is 0 Å². The van der Waals surface area contributed by atoms with Gasteiger partial charge in [-0.1, -0.05) is 18.2 Å². The molecule has 26 heavy (non-hydrogen) atoms. The Bertz CT molecular complexity index is 902. The third-order valence-corrected chi connectivity index (χ3v) is 3.42. The lowest BCUT2D eigenvalue weighted by Gasteiger charge is -2.12. The number of aromatic nitrogens is 3. The van der Waals surface area contributed by atoms with Gasteiger partial charge in [-0.15, -0.1) is 0 Å². The number of aliphatic carboxylic acids is 1. The van der Waals surface area contributed by atoms with Crippen molar-refractivity contribution < 1.29 is 14.6 Å². The number of carboxylic acid groups (broad SMARTS) is 1. The summed E-state index contributed by atoms with van der Waals surface area (Å²) in [6, 6.07) is 14.6. The Balaban J connectivity index is 1.97. The number of nitrogens with zero attached hydrogens (tertiary/aromatic N) is 3. The molecular weight excluding hydrogens is 334 g/mol. The fourth-order valence-electron chi connectivity index (χ4n) is 2.28. The average molecular weight is 351 g/mol. The number of nitrogens with one attached hydrogen (secondary N) is 2. The Morgan fingerprint density at radius 2 is 1.92 bits per heavy atom. The molecule has 3 N–H and O–H groups in total. The van der Waals surface area contributed by atoms with Crippen molar-refractivity contribution in [3.63, 3.8) is 0 Å². The van der Waals surface area contributed by atoms with Gasteiger partial charge in [0.1, 0.15) is 18.1 Å². The topological polar surface area (TPSA) is 109 Å². The normalized spacial score (nSPS) is 10.2. The highest BCUT2D eigenvalue weighted by Crippen LogP contribution is 2.28. The Hall–Kier alpha value is -3.68. The minimum Gasteiger partial charge on any atom is -0.495 e. The third kappa shape index (κ3) is 4.23. The molecule has 1 aromatic carbocycles. The second-order valence-corrected chi connectivity index (χ2v) is 5.25. The molecule has 0 atom stereocenters. The summed E-state index contributed by atoms with van der Waals surface area (Å²) in [4.78, 5) is 23.8. The Labute approximate surface area is 149 Å². The largest absolute Gasteiger partial charge is 0.495 e. The molecule has 0 aliphatic heterocycles. The second kappa shape index (κ2) is 7.93. The smallest absolute Gasteiger partial charge is 0.322 e. The number of rotatable bonds is 7. The predicted molar refractivity (Wildman–Crippen MR) is 97.7 cm³/mol. The van der Waals surface area contributed by atoms with E-state index in [0.29, 0.717) is 23.0 Å². The van der Waals surface area contributed by atoms with E-state index in [1.807, 2.05) is 42.5 Å². The SMILES string of the molecule is COc1ccccc1Nc1cc(-c2ccccn2)nc(NCC(=O)O)n1. The molecule has 3 rings (SSSR count). The summed E-state index contributed by atoms with van der Waals surface area (Å²) in [5.41, 5.74) is 1.94. The van der Waals surface area contributed by atoms with Crippen LogP contribution in [0.4, 0.5) is 17.5 Å². The van der Waals surface area contributed by atoms with Gasteiger partial charge in [0.05, 0.1) is 24.2 Å². The molecule has 0 saturated heterocycles. The van der Waals surface area contributed by atoms with Gasteiger partial charge >= 0.3 is 5.97 Å². The summed E-state index contributed by atoms with van der Waals surface area (Å²) in [6.45, 7) is -0.292. The van der Waals surface area contributed by atoms with Crippen molar-refractivity contribution >= 4 is 23.4 Å². The molecule has 8 heteroatoms. The van der Waals surface area contributed by atoms with E-state index in [4.69, 9.17) is 9.84 Å². The Morgan fingerprint density at radius 3 is 2.65 bits per heavy atom. The summed E-state index contributed by atoms with van der Waals surface area (Å²) in [7, 11) is 1.58. The molecule has 0 fully saturated rings. The monoisotopic (exact) mass is 351 g/mol. The van der Waals surface area contributed by atoms with Crippen LogP contribution in [0.2, 0.25) is 0 Å². The molecule has 2 aromatic heterocycles. The first kappa shape index (κ1) is 17.2. The van der Waals surface area contributed by atoms with Crippen LogP contribution < -0.4 is 15.4 Å². The molecule has 8 nitrogen and oxygen atoms in total. The van der Waals surface area contributed by atoms with Crippen LogP contribution in [-0.4, -0.2) is 39.7 Å². The van der Waals surface area contributed by atoms with Gasteiger partial charge in [-0.05, 0) is 24.3 Å². The molecular formula is C18H17N5O3. The number of para-hydroxylation sites is 2. The number of carboxylic acids is 1. The van der Waals surface area contributed by atoms with E-state index in [9.17, 15) is 4.79 Å². The van der Waals surface area contributed by atoms with Gasteiger partial charge in [0.15, 0.2) is 0 Å². The average Bonchev–Trinajstić information content (AvgIpc) is 2.67. The number of hydrogen-bond donors (Lipinski definition) is 3. The first-order valence-electron chi connectivity index (χ1n) is 7.82. The Kier molecular flexibility index (Phi) is 5.23. The molecule has 0 amide bonds. The maximum Gasteiger partial charge on any atom is 0.322 e. The van der Waals surface area contributed by atoms with Crippen LogP contribution in [0.15, 0.2) is 54.7 Å². The highest BCUT2D eigenvalue weighted by molar-refractivity contribution is 5.73. The molecule has 0 unspecified atom stereocenters. The van der Waals surface area contributed by atoms with Crippen molar-refractivity contribution in [2.45, 2.75) is 0 Å². The minimum absolute atomic E-state index is 0.188. The second-order valence-electron chi connectivity index (χ2n) is 5.25. The van der Waals surface area contributed by atoms with Crippen molar-refractivity contribution in [1.82, 2.24) is 15.0 Å². The molecule has 0 spiro atoms. The first-order valence-corrected chi connectivity index (χ1v) is 7.82. The van der Waals surface area contributed by atoms with E-state index >= 15 is 0 Å². The molecule has 0 aliphatic carbocycles. The van der Waals surface area contributed by atoms with Crippen molar-refractivity contribution in [2.75, 3.05) is 24.3 Å². The zero-order valence-corrected chi connectivity index (χ0v) is 14.0. The molecule has 3 aromatic rings. The molecule has 0 aliphatic rings. The number of benzene rings is 1. The Morgan fingerprint density at radius 1 is 1.12 bits per heavy atom.